The van der Waals surface area contributed by atoms with Crippen LogP contribution < -0.4 is 10.0 Å². The van der Waals surface area contributed by atoms with Crippen LogP contribution in [0.25, 0.3) is 0 Å². The summed E-state index contributed by atoms with van der Waals surface area (Å²) in [5.74, 6) is -1.39. The van der Waals surface area contributed by atoms with Gasteiger partial charge >= 0.3 is 0 Å². The van der Waals surface area contributed by atoms with Crippen molar-refractivity contribution >= 4 is 15.9 Å². The molecule has 0 aliphatic rings. The van der Waals surface area contributed by atoms with Crippen LogP contribution in [-0.2, 0) is 34.3 Å². The van der Waals surface area contributed by atoms with Crippen molar-refractivity contribution in [3.8, 4) is 0 Å². The van der Waals surface area contributed by atoms with Crippen molar-refractivity contribution in [2.24, 2.45) is 0 Å². The third kappa shape index (κ3) is 6.40. The number of carbonyl (C=O) groups excluding carboxylic acids is 1. The maximum absolute atomic E-state index is 14.2. The average molecular weight is 493 g/mol. The lowest BCUT2D eigenvalue weighted by molar-refractivity contribution is -0.122. The van der Waals surface area contributed by atoms with Gasteiger partial charge in [-0.25, -0.2) is 12.8 Å². The first kappa shape index (κ1) is 24.3. The second-order valence-corrected chi connectivity index (χ2v) is 9.67. The first-order valence-electron chi connectivity index (χ1n) is 11.0. The van der Waals surface area contributed by atoms with Gasteiger partial charge in [-0.05, 0) is 41.3 Å². The fraction of sp³-hybridized carbons (Fsp3) is 0.154. The van der Waals surface area contributed by atoms with Crippen molar-refractivity contribution < 1.29 is 17.6 Å². The molecule has 9 heteroatoms. The average Bonchev–Trinajstić information content (AvgIpc) is 3.37. The predicted molar refractivity (Wildman–Crippen MR) is 130 cm³/mol. The molecule has 1 unspecified atom stereocenters. The summed E-state index contributed by atoms with van der Waals surface area (Å²) in [5.41, 5.74) is 2.62. The molecule has 7 nitrogen and oxygen atoms in total. The summed E-state index contributed by atoms with van der Waals surface area (Å²) in [7, 11) is -4.28. The first-order valence-corrected chi connectivity index (χ1v) is 12.5. The van der Waals surface area contributed by atoms with E-state index in [0.717, 1.165) is 22.8 Å². The number of hydrogen-bond acceptors (Lipinski definition) is 4. The number of benzene rings is 3. The Kier molecular flexibility index (Phi) is 7.69. The number of nitrogens with zero attached hydrogens (tertiary/aromatic N) is 2. The maximum Gasteiger partial charge on any atom is 0.244 e. The Morgan fingerprint density at radius 3 is 2.31 bits per heavy atom. The second kappa shape index (κ2) is 11.1. The number of amides is 1. The van der Waals surface area contributed by atoms with Gasteiger partial charge < -0.3 is 5.32 Å². The predicted octanol–water partition coefficient (Wildman–Crippen LogP) is 3.28. The maximum atomic E-state index is 14.2. The van der Waals surface area contributed by atoms with Crippen molar-refractivity contribution in [3.63, 3.8) is 0 Å². The number of carbonyl (C=O) groups is 1. The summed E-state index contributed by atoms with van der Waals surface area (Å²) in [4.78, 5) is 12.7. The minimum absolute atomic E-state index is 0.106. The summed E-state index contributed by atoms with van der Waals surface area (Å²) in [5, 5.41) is 7.06. The van der Waals surface area contributed by atoms with Gasteiger partial charge in [-0.3, -0.25) is 9.48 Å². The SMILES string of the molecule is O=C(NCc1ccccc1Cn1cccn1)C(Cc1ccccc1)NS(=O)(=O)c1ccccc1F. The topological polar surface area (TPSA) is 93.1 Å². The molecule has 3 aromatic carbocycles. The smallest absolute Gasteiger partial charge is 0.244 e. The largest absolute Gasteiger partial charge is 0.351 e. The van der Waals surface area contributed by atoms with E-state index in [9.17, 15) is 17.6 Å². The minimum atomic E-state index is -4.28. The Balaban J connectivity index is 1.53. The minimum Gasteiger partial charge on any atom is -0.351 e. The van der Waals surface area contributed by atoms with Crippen molar-refractivity contribution in [2.45, 2.75) is 30.4 Å². The number of halogens is 1. The van der Waals surface area contributed by atoms with Crippen molar-refractivity contribution in [3.05, 3.63) is 120 Å². The molecule has 0 radical (unpaired) electrons. The summed E-state index contributed by atoms with van der Waals surface area (Å²) < 4.78 is 44.2. The zero-order chi connectivity index (χ0) is 24.7. The Morgan fingerprint density at radius 1 is 0.914 bits per heavy atom. The van der Waals surface area contributed by atoms with Crippen molar-refractivity contribution in [1.29, 1.82) is 0 Å². The second-order valence-electron chi connectivity index (χ2n) is 7.98. The van der Waals surface area contributed by atoms with E-state index in [4.69, 9.17) is 0 Å². The standard InChI is InChI=1S/C26H25FN4O3S/c27-23-13-6-7-14-25(23)35(33,34)30-24(17-20-9-2-1-3-10-20)26(32)28-18-21-11-4-5-12-22(21)19-31-16-8-15-29-31/h1-16,24,30H,17-19H2,(H,28,32). The summed E-state index contributed by atoms with van der Waals surface area (Å²) in [6.45, 7) is 0.732. The number of nitrogens with one attached hydrogen (secondary N) is 2. The highest BCUT2D eigenvalue weighted by atomic mass is 32.2. The monoisotopic (exact) mass is 492 g/mol. The zero-order valence-electron chi connectivity index (χ0n) is 18.8. The van der Waals surface area contributed by atoms with Crippen molar-refractivity contribution in [1.82, 2.24) is 19.8 Å². The van der Waals surface area contributed by atoms with E-state index in [-0.39, 0.29) is 13.0 Å². The number of aromatic nitrogens is 2. The molecule has 180 valence electrons. The van der Waals surface area contributed by atoms with Gasteiger partial charge in [-0.1, -0.05) is 66.7 Å². The molecule has 0 aliphatic heterocycles. The molecule has 0 spiro atoms. The molecule has 1 atom stereocenters. The highest BCUT2D eigenvalue weighted by Crippen LogP contribution is 2.16. The normalized spacial score (nSPS) is 12.3. The number of hydrogen-bond donors (Lipinski definition) is 2. The van der Waals surface area contributed by atoms with Crippen molar-refractivity contribution in [2.75, 3.05) is 0 Å². The van der Waals surface area contributed by atoms with E-state index in [1.807, 2.05) is 42.6 Å². The molecule has 35 heavy (non-hydrogen) atoms. The van der Waals surface area contributed by atoms with Crippen LogP contribution in [0.5, 0.6) is 0 Å². The van der Waals surface area contributed by atoms with E-state index in [1.54, 1.807) is 35.1 Å². The molecular formula is C26H25FN4O3S. The lowest BCUT2D eigenvalue weighted by Gasteiger charge is -2.20. The first-order chi connectivity index (χ1) is 16.9. The van der Waals surface area contributed by atoms with Gasteiger partial charge in [0.05, 0.1) is 6.54 Å². The van der Waals surface area contributed by atoms with E-state index in [2.05, 4.69) is 15.1 Å². The van der Waals surface area contributed by atoms with Gasteiger partial charge in [0.15, 0.2) is 0 Å². The number of rotatable bonds is 10. The van der Waals surface area contributed by atoms with Gasteiger partial charge in [0.25, 0.3) is 0 Å². The van der Waals surface area contributed by atoms with E-state index in [1.165, 1.54) is 18.2 Å². The van der Waals surface area contributed by atoms with E-state index in [0.29, 0.717) is 6.54 Å². The van der Waals surface area contributed by atoms with Crippen LogP contribution >= 0.6 is 0 Å². The Labute approximate surface area is 203 Å². The molecule has 0 bridgehead atoms. The molecule has 1 heterocycles. The van der Waals surface area contributed by atoms with E-state index >= 15 is 0 Å². The molecule has 0 saturated heterocycles. The molecule has 4 aromatic rings. The van der Waals surface area contributed by atoms with Crippen LogP contribution in [0.3, 0.4) is 0 Å². The summed E-state index contributed by atoms with van der Waals surface area (Å²) in [6, 6.07) is 22.4. The summed E-state index contributed by atoms with van der Waals surface area (Å²) >= 11 is 0. The molecule has 4 rings (SSSR count). The van der Waals surface area contributed by atoms with E-state index < -0.39 is 32.7 Å². The lowest BCUT2D eigenvalue weighted by atomic mass is 10.1. The highest BCUT2D eigenvalue weighted by molar-refractivity contribution is 7.89. The Bertz CT molecular complexity index is 1380. The van der Waals surface area contributed by atoms with Crippen LogP contribution in [0.2, 0.25) is 0 Å². The number of sulfonamides is 1. The zero-order valence-corrected chi connectivity index (χ0v) is 19.7. The third-order valence-corrected chi connectivity index (χ3v) is 6.99. The molecule has 0 saturated carbocycles. The molecule has 1 amide bonds. The molecular weight excluding hydrogens is 467 g/mol. The van der Waals surface area contributed by atoms with Crippen LogP contribution in [0.4, 0.5) is 4.39 Å². The third-order valence-electron chi connectivity index (χ3n) is 5.49. The highest BCUT2D eigenvalue weighted by Gasteiger charge is 2.28. The summed E-state index contributed by atoms with van der Waals surface area (Å²) in [6.07, 6.45) is 3.65. The van der Waals surface area contributed by atoms with Crippen LogP contribution in [0.1, 0.15) is 16.7 Å². The Hall–Kier alpha value is -3.82. The van der Waals surface area contributed by atoms with Gasteiger partial charge in [0.1, 0.15) is 16.8 Å². The quantitative estimate of drug-likeness (QED) is 0.355. The Morgan fingerprint density at radius 2 is 1.60 bits per heavy atom. The lowest BCUT2D eigenvalue weighted by Crippen LogP contribution is -2.48. The van der Waals surface area contributed by atoms with Crippen LogP contribution in [0.15, 0.2) is 102 Å². The van der Waals surface area contributed by atoms with Crippen LogP contribution in [-0.4, -0.2) is 30.1 Å². The molecule has 0 aliphatic carbocycles. The molecule has 0 fully saturated rings. The fourth-order valence-corrected chi connectivity index (χ4v) is 4.98. The van der Waals surface area contributed by atoms with Gasteiger partial charge in [0, 0.05) is 18.9 Å². The molecule has 1 aromatic heterocycles. The van der Waals surface area contributed by atoms with Crippen LogP contribution in [0, 0.1) is 5.82 Å². The molecule has 2 N–H and O–H groups in total. The van der Waals surface area contributed by atoms with Gasteiger partial charge in [-0.15, -0.1) is 0 Å². The van der Waals surface area contributed by atoms with Gasteiger partial charge in [0.2, 0.25) is 15.9 Å². The van der Waals surface area contributed by atoms with Gasteiger partial charge in [-0.2, -0.15) is 9.82 Å². The fourth-order valence-electron chi connectivity index (χ4n) is 3.71.